The molecule has 3 aliphatic rings. The van der Waals surface area contributed by atoms with Crippen molar-refractivity contribution in [3.05, 3.63) is 25.3 Å². The minimum absolute atomic E-state index is 0.0659. The van der Waals surface area contributed by atoms with E-state index in [-0.39, 0.29) is 18.0 Å². The molecule has 0 radical (unpaired) electrons. The molecule has 114 valence electrons. The minimum atomic E-state index is -0.340. The Morgan fingerprint density at radius 2 is 1.67 bits per heavy atom. The number of hydrogen-bond acceptors (Lipinski definition) is 4. The Balaban J connectivity index is 1.56. The molecule has 0 heterocycles. The summed E-state index contributed by atoms with van der Waals surface area (Å²) >= 11 is 0. The van der Waals surface area contributed by atoms with Crippen LogP contribution in [-0.2, 0) is 19.1 Å². The molecule has 4 nitrogen and oxygen atoms in total. The lowest BCUT2D eigenvalue weighted by molar-refractivity contribution is -0.147. The number of hydrogen-bond donors (Lipinski definition) is 0. The quantitative estimate of drug-likeness (QED) is 0.576. The number of esters is 2. The minimum Gasteiger partial charge on any atom is -0.462 e. The summed E-state index contributed by atoms with van der Waals surface area (Å²) in [7, 11) is 0. The predicted octanol–water partition coefficient (Wildman–Crippen LogP) is 2.50. The van der Waals surface area contributed by atoms with Crippen molar-refractivity contribution in [2.24, 2.45) is 29.6 Å². The van der Waals surface area contributed by atoms with Gasteiger partial charge in [-0.25, -0.2) is 9.59 Å². The van der Waals surface area contributed by atoms with E-state index in [2.05, 4.69) is 13.2 Å². The summed E-state index contributed by atoms with van der Waals surface area (Å²) in [6.45, 7) is 7.37. The van der Waals surface area contributed by atoms with Crippen LogP contribution < -0.4 is 0 Å². The fourth-order valence-corrected chi connectivity index (χ4v) is 4.85. The monoisotopic (exact) mass is 290 g/mol. The molecular formula is C17H22O4. The summed E-state index contributed by atoms with van der Waals surface area (Å²) < 4.78 is 10.7. The zero-order valence-corrected chi connectivity index (χ0v) is 12.2. The van der Waals surface area contributed by atoms with Gasteiger partial charge in [0.25, 0.3) is 0 Å². The average molecular weight is 290 g/mol. The molecule has 2 bridgehead atoms. The molecule has 0 amide bonds. The molecule has 3 fully saturated rings. The predicted molar refractivity (Wildman–Crippen MR) is 77.2 cm³/mol. The van der Waals surface area contributed by atoms with Crippen LogP contribution in [0.2, 0.25) is 0 Å². The van der Waals surface area contributed by atoms with Crippen LogP contribution in [0.5, 0.6) is 0 Å². The van der Waals surface area contributed by atoms with Gasteiger partial charge in [0.1, 0.15) is 6.10 Å². The first kappa shape index (κ1) is 14.4. The van der Waals surface area contributed by atoms with E-state index in [1.807, 2.05) is 0 Å². The number of fused-ring (bicyclic) bond motifs is 5. The molecule has 0 saturated heterocycles. The highest BCUT2D eigenvalue weighted by Crippen LogP contribution is 2.60. The van der Waals surface area contributed by atoms with Crippen molar-refractivity contribution in [1.82, 2.24) is 0 Å². The van der Waals surface area contributed by atoms with Gasteiger partial charge in [0.15, 0.2) is 0 Å². The molecular weight excluding hydrogens is 268 g/mol. The zero-order chi connectivity index (χ0) is 15.0. The van der Waals surface area contributed by atoms with E-state index in [1.54, 1.807) is 0 Å². The Labute approximate surface area is 125 Å². The van der Waals surface area contributed by atoms with Gasteiger partial charge in [-0.05, 0) is 55.3 Å². The van der Waals surface area contributed by atoms with Gasteiger partial charge >= 0.3 is 11.9 Å². The number of ether oxygens (including phenoxy) is 2. The Morgan fingerprint density at radius 1 is 0.952 bits per heavy atom. The summed E-state index contributed by atoms with van der Waals surface area (Å²) in [5.41, 5.74) is 0. The summed E-state index contributed by atoms with van der Waals surface area (Å²) in [6, 6.07) is 0. The van der Waals surface area contributed by atoms with Crippen molar-refractivity contribution < 1.29 is 19.1 Å². The van der Waals surface area contributed by atoms with Crippen molar-refractivity contribution in [2.75, 3.05) is 6.61 Å². The summed E-state index contributed by atoms with van der Waals surface area (Å²) in [5, 5.41) is 0. The third kappa shape index (κ3) is 2.63. The summed E-state index contributed by atoms with van der Waals surface area (Å²) in [6.07, 6.45) is 6.92. The fraction of sp³-hybridized carbons (Fsp3) is 0.647. The van der Waals surface area contributed by atoms with E-state index in [0.29, 0.717) is 30.3 Å². The fourth-order valence-electron chi connectivity index (χ4n) is 4.85. The molecule has 4 unspecified atom stereocenters. The van der Waals surface area contributed by atoms with Gasteiger partial charge in [0.2, 0.25) is 0 Å². The van der Waals surface area contributed by atoms with Crippen molar-refractivity contribution >= 4 is 11.9 Å². The first-order valence-corrected chi connectivity index (χ1v) is 7.74. The molecule has 4 heteroatoms. The molecule has 0 aromatic rings. The molecule has 0 aromatic heterocycles. The van der Waals surface area contributed by atoms with Crippen LogP contribution in [-0.4, -0.2) is 24.6 Å². The largest absolute Gasteiger partial charge is 0.462 e. The Hall–Kier alpha value is -1.58. The van der Waals surface area contributed by atoms with Gasteiger partial charge in [-0.2, -0.15) is 0 Å². The van der Waals surface area contributed by atoms with Crippen LogP contribution >= 0.6 is 0 Å². The van der Waals surface area contributed by atoms with Crippen molar-refractivity contribution in [1.29, 1.82) is 0 Å². The maximum absolute atomic E-state index is 11.4. The third-order valence-corrected chi connectivity index (χ3v) is 5.57. The maximum Gasteiger partial charge on any atom is 0.330 e. The lowest BCUT2D eigenvalue weighted by Crippen LogP contribution is -2.31. The van der Waals surface area contributed by atoms with E-state index in [1.165, 1.54) is 18.6 Å². The van der Waals surface area contributed by atoms with Crippen LogP contribution in [0.4, 0.5) is 0 Å². The highest BCUT2D eigenvalue weighted by molar-refractivity contribution is 5.81. The molecule has 0 spiro atoms. The molecule has 0 aromatic carbocycles. The summed E-state index contributed by atoms with van der Waals surface area (Å²) in [5.74, 6) is 2.31. The van der Waals surface area contributed by atoms with E-state index in [9.17, 15) is 9.59 Å². The van der Waals surface area contributed by atoms with Crippen LogP contribution in [0.3, 0.4) is 0 Å². The normalized spacial score (nSPS) is 39.6. The standard InChI is InChI=1S/C17H22O4/c1-3-16(18)20-9-10-5-12-11-7-14(13(12)6-10)15(8-11)21-17(19)4-2/h3-4,10-15H,1-2,5-9H2/t10?,11?,12-,13-,14?,15?/m0/s1. The van der Waals surface area contributed by atoms with Crippen LogP contribution in [0, 0.1) is 29.6 Å². The first-order chi connectivity index (χ1) is 10.1. The number of rotatable bonds is 5. The van der Waals surface area contributed by atoms with Crippen molar-refractivity contribution in [3.8, 4) is 0 Å². The van der Waals surface area contributed by atoms with E-state index >= 15 is 0 Å². The van der Waals surface area contributed by atoms with Crippen LogP contribution in [0.15, 0.2) is 25.3 Å². The van der Waals surface area contributed by atoms with Gasteiger partial charge in [-0.1, -0.05) is 13.2 Å². The Kier molecular flexibility index (Phi) is 3.87. The van der Waals surface area contributed by atoms with E-state index in [0.717, 1.165) is 25.2 Å². The third-order valence-electron chi connectivity index (χ3n) is 5.57. The van der Waals surface area contributed by atoms with Gasteiger partial charge in [0.05, 0.1) is 6.61 Å². The second kappa shape index (κ2) is 5.66. The SMILES string of the molecule is C=CC(=O)OCC1C[C@@H]2C3CC(CC3OC(=O)C=C)[C@@H]2C1. The summed E-state index contributed by atoms with van der Waals surface area (Å²) in [4.78, 5) is 22.6. The van der Waals surface area contributed by atoms with Crippen molar-refractivity contribution in [2.45, 2.75) is 31.8 Å². The second-order valence-corrected chi connectivity index (χ2v) is 6.57. The molecule has 0 aliphatic heterocycles. The van der Waals surface area contributed by atoms with E-state index < -0.39 is 0 Å². The van der Waals surface area contributed by atoms with Crippen LogP contribution in [0.25, 0.3) is 0 Å². The molecule has 6 atom stereocenters. The van der Waals surface area contributed by atoms with Crippen LogP contribution in [0.1, 0.15) is 25.7 Å². The lowest BCUT2D eigenvalue weighted by Gasteiger charge is -2.30. The zero-order valence-electron chi connectivity index (χ0n) is 12.2. The van der Waals surface area contributed by atoms with Gasteiger partial charge < -0.3 is 9.47 Å². The smallest absolute Gasteiger partial charge is 0.330 e. The van der Waals surface area contributed by atoms with Crippen molar-refractivity contribution in [3.63, 3.8) is 0 Å². The molecule has 3 rings (SSSR count). The highest BCUT2D eigenvalue weighted by atomic mass is 16.5. The Bertz CT molecular complexity index is 469. The van der Waals surface area contributed by atoms with Gasteiger partial charge in [0, 0.05) is 12.2 Å². The lowest BCUT2D eigenvalue weighted by atomic mass is 9.80. The number of carbonyl (C=O) groups excluding carboxylic acids is 2. The average Bonchev–Trinajstić information content (AvgIpc) is 3.14. The first-order valence-electron chi connectivity index (χ1n) is 7.74. The van der Waals surface area contributed by atoms with E-state index in [4.69, 9.17) is 9.47 Å². The molecule has 21 heavy (non-hydrogen) atoms. The Morgan fingerprint density at radius 3 is 2.38 bits per heavy atom. The molecule has 0 N–H and O–H groups in total. The maximum atomic E-state index is 11.4. The molecule has 3 saturated carbocycles. The topological polar surface area (TPSA) is 52.6 Å². The highest BCUT2D eigenvalue weighted by Gasteiger charge is 2.57. The number of carbonyl (C=O) groups is 2. The molecule has 3 aliphatic carbocycles. The second-order valence-electron chi connectivity index (χ2n) is 6.57. The van der Waals surface area contributed by atoms with Gasteiger partial charge in [-0.15, -0.1) is 0 Å². The van der Waals surface area contributed by atoms with Gasteiger partial charge in [-0.3, -0.25) is 0 Å².